The van der Waals surface area contributed by atoms with Gasteiger partial charge < -0.3 is 5.73 Å². The van der Waals surface area contributed by atoms with E-state index in [1.165, 1.54) is 4.31 Å². The molecule has 116 valence electrons. The molecule has 2 N–H and O–H groups in total. The minimum atomic E-state index is -3.51. The molecular weight excluding hydrogens is 276 g/mol. The van der Waals surface area contributed by atoms with Crippen LogP contribution in [0.15, 0.2) is 4.90 Å². The van der Waals surface area contributed by atoms with E-state index < -0.39 is 10.0 Å². The maximum atomic E-state index is 12.9. The maximum Gasteiger partial charge on any atom is 0.246 e. The highest BCUT2D eigenvalue weighted by Gasteiger charge is 2.31. The van der Waals surface area contributed by atoms with Gasteiger partial charge in [-0.15, -0.1) is 0 Å². The Morgan fingerprint density at radius 1 is 1.35 bits per heavy atom. The van der Waals surface area contributed by atoms with Gasteiger partial charge in [0.2, 0.25) is 10.0 Å². The molecule has 0 bridgehead atoms. The second-order valence-electron chi connectivity index (χ2n) is 5.22. The third-order valence-electron chi connectivity index (χ3n) is 3.24. The third-order valence-corrected chi connectivity index (χ3v) is 5.57. The van der Waals surface area contributed by atoms with Gasteiger partial charge in [-0.2, -0.15) is 9.40 Å². The SMILES string of the molecule is CCCN(C(C)C)S(=O)(=O)c1c(C)nn(CCN)c1C. The average molecular weight is 302 g/mol. The summed E-state index contributed by atoms with van der Waals surface area (Å²) < 4.78 is 28.9. The van der Waals surface area contributed by atoms with Crippen molar-refractivity contribution in [1.82, 2.24) is 14.1 Å². The highest BCUT2D eigenvalue weighted by atomic mass is 32.2. The molecule has 0 aliphatic carbocycles. The first-order valence-corrected chi connectivity index (χ1v) is 8.47. The van der Waals surface area contributed by atoms with E-state index in [0.717, 1.165) is 6.42 Å². The van der Waals surface area contributed by atoms with Gasteiger partial charge in [0.1, 0.15) is 4.90 Å². The molecular formula is C13H26N4O2S. The van der Waals surface area contributed by atoms with Crippen molar-refractivity contribution < 1.29 is 8.42 Å². The molecule has 6 nitrogen and oxygen atoms in total. The van der Waals surface area contributed by atoms with E-state index in [1.807, 2.05) is 20.8 Å². The molecule has 1 aromatic heterocycles. The Hall–Kier alpha value is -0.920. The highest BCUT2D eigenvalue weighted by molar-refractivity contribution is 7.89. The number of hydrogen-bond acceptors (Lipinski definition) is 4. The molecule has 0 amide bonds. The van der Waals surface area contributed by atoms with E-state index in [2.05, 4.69) is 5.10 Å². The third kappa shape index (κ3) is 3.21. The Kier molecular flexibility index (Phi) is 5.73. The monoisotopic (exact) mass is 302 g/mol. The number of nitrogens with two attached hydrogens (primary N) is 1. The first-order valence-electron chi connectivity index (χ1n) is 7.03. The van der Waals surface area contributed by atoms with Gasteiger partial charge in [0.15, 0.2) is 0 Å². The minimum Gasteiger partial charge on any atom is -0.329 e. The molecule has 0 saturated heterocycles. The number of nitrogens with zero attached hydrogens (tertiary/aromatic N) is 3. The van der Waals surface area contributed by atoms with Crippen LogP contribution in [0.1, 0.15) is 38.6 Å². The predicted octanol–water partition coefficient (Wildman–Crippen LogP) is 1.27. The normalized spacial score (nSPS) is 12.6. The van der Waals surface area contributed by atoms with Gasteiger partial charge in [0.25, 0.3) is 0 Å². The van der Waals surface area contributed by atoms with Crippen LogP contribution in [0.3, 0.4) is 0 Å². The lowest BCUT2D eigenvalue weighted by Crippen LogP contribution is -2.38. The fraction of sp³-hybridized carbons (Fsp3) is 0.769. The fourth-order valence-corrected chi connectivity index (χ4v) is 4.49. The van der Waals surface area contributed by atoms with Gasteiger partial charge in [-0.25, -0.2) is 8.42 Å². The van der Waals surface area contributed by atoms with Gasteiger partial charge in [0.05, 0.1) is 17.9 Å². The number of sulfonamides is 1. The summed E-state index contributed by atoms with van der Waals surface area (Å²) in [4.78, 5) is 0.327. The fourth-order valence-electron chi connectivity index (χ4n) is 2.39. The summed E-state index contributed by atoms with van der Waals surface area (Å²) in [5.41, 5.74) is 6.73. The van der Waals surface area contributed by atoms with Crippen LogP contribution in [0.2, 0.25) is 0 Å². The van der Waals surface area contributed by atoms with Gasteiger partial charge >= 0.3 is 0 Å². The Balaban J connectivity index is 3.34. The predicted molar refractivity (Wildman–Crippen MR) is 80.1 cm³/mol. The summed E-state index contributed by atoms with van der Waals surface area (Å²) >= 11 is 0. The molecule has 20 heavy (non-hydrogen) atoms. The smallest absolute Gasteiger partial charge is 0.246 e. The van der Waals surface area contributed by atoms with Crippen molar-refractivity contribution in [3.05, 3.63) is 11.4 Å². The van der Waals surface area contributed by atoms with Gasteiger partial charge in [0, 0.05) is 19.1 Å². The summed E-state index contributed by atoms with van der Waals surface area (Å²) in [6.45, 7) is 10.8. The van der Waals surface area contributed by atoms with Crippen LogP contribution in [0.25, 0.3) is 0 Å². The summed E-state index contributed by atoms with van der Waals surface area (Å²) in [5, 5.41) is 4.30. The van der Waals surface area contributed by atoms with Crippen LogP contribution in [0, 0.1) is 13.8 Å². The van der Waals surface area contributed by atoms with Crippen LogP contribution in [0.5, 0.6) is 0 Å². The van der Waals surface area contributed by atoms with Gasteiger partial charge in [-0.3, -0.25) is 4.68 Å². The van der Waals surface area contributed by atoms with E-state index in [1.54, 1.807) is 18.5 Å². The van der Waals surface area contributed by atoms with Crippen LogP contribution >= 0.6 is 0 Å². The summed E-state index contributed by atoms with van der Waals surface area (Å²) in [7, 11) is -3.51. The highest BCUT2D eigenvalue weighted by Crippen LogP contribution is 2.25. The molecule has 0 atom stereocenters. The molecule has 0 aliphatic heterocycles. The number of aromatic nitrogens is 2. The first kappa shape index (κ1) is 17.1. The van der Waals surface area contributed by atoms with Crippen LogP contribution in [0.4, 0.5) is 0 Å². The molecule has 0 fully saturated rings. The zero-order chi connectivity index (χ0) is 15.5. The zero-order valence-corrected chi connectivity index (χ0v) is 13.9. The lowest BCUT2D eigenvalue weighted by Gasteiger charge is -2.25. The molecule has 1 rings (SSSR count). The Bertz CT molecular complexity index is 549. The van der Waals surface area contributed by atoms with Crippen molar-refractivity contribution >= 4 is 10.0 Å². The Morgan fingerprint density at radius 3 is 2.40 bits per heavy atom. The van der Waals surface area contributed by atoms with Crippen molar-refractivity contribution in [2.75, 3.05) is 13.1 Å². The summed E-state index contributed by atoms with van der Waals surface area (Å²) in [6.07, 6.45) is 0.784. The second-order valence-corrected chi connectivity index (χ2v) is 7.05. The van der Waals surface area contributed by atoms with E-state index in [9.17, 15) is 8.42 Å². The molecule has 0 unspecified atom stereocenters. The number of aryl methyl sites for hydroxylation is 1. The zero-order valence-electron chi connectivity index (χ0n) is 13.0. The molecule has 1 heterocycles. The van der Waals surface area contributed by atoms with E-state index in [-0.39, 0.29) is 6.04 Å². The van der Waals surface area contributed by atoms with E-state index in [4.69, 9.17) is 5.73 Å². The van der Waals surface area contributed by atoms with E-state index >= 15 is 0 Å². The molecule has 7 heteroatoms. The molecule has 1 aromatic rings. The summed E-state index contributed by atoms with van der Waals surface area (Å²) in [6, 6.07) is -0.0726. The molecule has 0 saturated carbocycles. The second kappa shape index (κ2) is 6.69. The van der Waals surface area contributed by atoms with Gasteiger partial charge in [-0.1, -0.05) is 6.92 Å². The Labute approximate surface area is 122 Å². The van der Waals surface area contributed by atoms with Crippen molar-refractivity contribution in [2.24, 2.45) is 5.73 Å². The van der Waals surface area contributed by atoms with Crippen LogP contribution in [-0.2, 0) is 16.6 Å². The molecule has 0 radical (unpaired) electrons. The average Bonchev–Trinajstić information content (AvgIpc) is 2.61. The lowest BCUT2D eigenvalue weighted by molar-refractivity contribution is 0.353. The lowest BCUT2D eigenvalue weighted by atomic mass is 10.4. The topological polar surface area (TPSA) is 81.2 Å². The van der Waals surface area contributed by atoms with Crippen molar-refractivity contribution in [3.63, 3.8) is 0 Å². The van der Waals surface area contributed by atoms with Crippen molar-refractivity contribution in [2.45, 2.75) is 58.5 Å². The minimum absolute atomic E-state index is 0.0726. The first-order chi connectivity index (χ1) is 9.27. The molecule has 0 aliphatic rings. The standard InChI is InChI=1S/C13H26N4O2S/c1-6-8-17(10(2)3)20(18,19)13-11(4)15-16(9-7-14)12(13)5/h10H,6-9,14H2,1-5H3. The number of hydrogen-bond donors (Lipinski definition) is 1. The largest absolute Gasteiger partial charge is 0.329 e. The maximum absolute atomic E-state index is 12.9. The Morgan fingerprint density at radius 2 is 1.95 bits per heavy atom. The number of rotatable bonds is 7. The van der Waals surface area contributed by atoms with Crippen LogP contribution in [-0.4, -0.2) is 41.6 Å². The summed E-state index contributed by atoms with van der Waals surface area (Å²) in [5.74, 6) is 0. The van der Waals surface area contributed by atoms with E-state index in [0.29, 0.717) is 35.9 Å². The van der Waals surface area contributed by atoms with Crippen molar-refractivity contribution in [1.29, 1.82) is 0 Å². The van der Waals surface area contributed by atoms with Gasteiger partial charge in [-0.05, 0) is 34.1 Å². The molecule has 0 aromatic carbocycles. The molecule has 0 spiro atoms. The quantitative estimate of drug-likeness (QED) is 0.822. The van der Waals surface area contributed by atoms with Crippen molar-refractivity contribution in [3.8, 4) is 0 Å². The van der Waals surface area contributed by atoms with Crippen LogP contribution < -0.4 is 5.73 Å².